The van der Waals surface area contributed by atoms with Crippen LogP contribution in [0.5, 0.6) is 0 Å². The molecule has 1 aliphatic rings. The fourth-order valence-electron chi connectivity index (χ4n) is 2.33. The second-order valence-electron chi connectivity index (χ2n) is 4.95. The maximum Gasteiger partial charge on any atom is 0.187 e. The monoisotopic (exact) mass is 301 g/mol. The number of nitrogens with zero attached hydrogens (tertiary/aromatic N) is 1. The Labute approximate surface area is 126 Å². The number of carbonyl (C=O) groups is 1. The van der Waals surface area contributed by atoms with Crippen molar-refractivity contribution in [2.24, 2.45) is 0 Å². The average Bonchev–Trinajstić information content (AvgIpc) is 3.08. The van der Waals surface area contributed by atoms with Crippen molar-refractivity contribution >= 4 is 40.6 Å². The van der Waals surface area contributed by atoms with Gasteiger partial charge in [0, 0.05) is 24.2 Å². The number of likely N-dealkylation sites (tertiary alicyclic amines) is 1. The van der Waals surface area contributed by atoms with Crippen LogP contribution in [0.3, 0.4) is 0 Å². The molecule has 102 valence electrons. The predicted octanol–water partition coefficient (Wildman–Crippen LogP) is 3.79. The van der Waals surface area contributed by atoms with Crippen LogP contribution in [0.2, 0.25) is 0 Å². The molecular weight excluding hydrogens is 286 g/mol. The molecule has 1 aliphatic heterocycles. The summed E-state index contributed by atoms with van der Waals surface area (Å²) in [6, 6.07) is 4.09. The van der Waals surface area contributed by atoms with Crippen LogP contribution >= 0.6 is 22.7 Å². The Hall–Kier alpha value is -1.49. The first-order valence-corrected chi connectivity index (χ1v) is 8.30. The minimum atomic E-state index is 0.181. The summed E-state index contributed by atoms with van der Waals surface area (Å²) in [6.45, 7) is 1.44. The molecule has 3 heterocycles. The van der Waals surface area contributed by atoms with Crippen molar-refractivity contribution < 1.29 is 4.79 Å². The Morgan fingerprint density at radius 2 is 1.50 bits per heavy atom. The van der Waals surface area contributed by atoms with Gasteiger partial charge in [-0.15, -0.1) is 0 Å². The molecule has 0 spiro atoms. The standard InChI is InChI=1S/C16H15NOS2/c1-17-8-14(6-12-2-4-19-10-12)16(18)15(9-17)7-13-3-5-20-11-13/h2-7,10-11H,8-9H2,1H3/b14-6+,15-7+. The Morgan fingerprint density at radius 1 is 1.00 bits per heavy atom. The van der Waals surface area contributed by atoms with E-state index in [-0.39, 0.29) is 5.78 Å². The summed E-state index contributed by atoms with van der Waals surface area (Å²) in [7, 11) is 2.05. The topological polar surface area (TPSA) is 20.3 Å². The molecule has 0 aromatic carbocycles. The smallest absolute Gasteiger partial charge is 0.187 e. The highest BCUT2D eigenvalue weighted by atomic mass is 32.1. The molecule has 4 heteroatoms. The van der Waals surface area contributed by atoms with Crippen molar-refractivity contribution in [3.63, 3.8) is 0 Å². The molecule has 2 nitrogen and oxygen atoms in total. The van der Waals surface area contributed by atoms with Gasteiger partial charge in [-0.2, -0.15) is 22.7 Å². The second-order valence-corrected chi connectivity index (χ2v) is 6.51. The minimum Gasteiger partial charge on any atom is -0.298 e. The van der Waals surface area contributed by atoms with Gasteiger partial charge in [0.1, 0.15) is 0 Å². The lowest BCUT2D eigenvalue weighted by atomic mass is 9.95. The number of thiophene rings is 2. The SMILES string of the molecule is CN1C/C(=C\c2ccsc2)C(=O)/C(=C/c2ccsc2)C1. The summed E-state index contributed by atoms with van der Waals surface area (Å²) >= 11 is 3.30. The van der Waals surface area contributed by atoms with Crippen LogP contribution in [-0.2, 0) is 4.79 Å². The van der Waals surface area contributed by atoms with Crippen LogP contribution in [-0.4, -0.2) is 30.8 Å². The van der Waals surface area contributed by atoms with Crippen LogP contribution in [0.15, 0.2) is 44.8 Å². The van der Waals surface area contributed by atoms with E-state index in [4.69, 9.17) is 0 Å². The van der Waals surface area contributed by atoms with Gasteiger partial charge >= 0.3 is 0 Å². The first-order valence-electron chi connectivity index (χ1n) is 6.41. The van der Waals surface area contributed by atoms with Gasteiger partial charge in [0.2, 0.25) is 0 Å². The molecule has 0 bridgehead atoms. The van der Waals surface area contributed by atoms with Gasteiger partial charge in [-0.25, -0.2) is 0 Å². The highest BCUT2D eigenvalue weighted by Crippen LogP contribution is 2.22. The highest BCUT2D eigenvalue weighted by Gasteiger charge is 2.23. The third-order valence-electron chi connectivity index (χ3n) is 3.23. The number of likely N-dealkylation sites (N-methyl/N-ethyl adjacent to an activating group) is 1. The zero-order chi connectivity index (χ0) is 13.9. The quantitative estimate of drug-likeness (QED) is 0.787. The summed E-state index contributed by atoms with van der Waals surface area (Å²) < 4.78 is 0. The van der Waals surface area contributed by atoms with Crippen LogP contribution < -0.4 is 0 Å². The van der Waals surface area contributed by atoms with Gasteiger partial charge in [0.05, 0.1) is 0 Å². The summed E-state index contributed by atoms with van der Waals surface area (Å²) in [5.74, 6) is 0.181. The maximum absolute atomic E-state index is 12.6. The molecule has 0 N–H and O–H groups in total. The van der Waals surface area contributed by atoms with Crippen LogP contribution in [0.4, 0.5) is 0 Å². The summed E-state index contributed by atoms with van der Waals surface area (Å²) in [6.07, 6.45) is 4.02. The first-order chi connectivity index (χ1) is 9.72. The second kappa shape index (κ2) is 5.87. The molecule has 0 atom stereocenters. The third kappa shape index (κ3) is 2.98. The van der Waals surface area contributed by atoms with E-state index in [0.29, 0.717) is 0 Å². The number of Topliss-reactive ketones (excluding diaryl/α,β-unsaturated/α-hetero) is 1. The molecule has 3 rings (SSSR count). The van der Waals surface area contributed by atoms with Crippen molar-refractivity contribution in [1.82, 2.24) is 4.90 Å². The first kappa shape index (κ1) is 13.5. The number of carbonyl (C=O) groups excluding carboxylic acids is 1. The van der Waals surface area contributed by atoms with E-state index in [1.165, 1.54) is 0 Å². The van der Waals surface area contributed by atoms with E-state index >= 15 is 0 Å². The zero-order valence-corrected chi connectivity index (χ0v) is 12.8. The molecule has 0 aliphatic carbocycles. The molecule has 1 saturated heterocycles. The maximum atomic E-state index is 12.6. The number of hydrogen-bond donors (Lipinski definition) is 0. The molecule has 0 amide bonds. The minimum absolute atomic E-state index is 0.181. The van der Waals surface area contributed by atoms with Crippen molar-refractivity contribution in [2.75, 3.05) is 20.1 Å². The Bertz CT molecular complexity index is 594. The normalized spacial score (nSPS) is 20.9. The number of rotatable bonds is 2. The molecule has 0 unspecified atom stereocenters. The highest BCUT2D eigenvalue weighted by molar-refractivity contribution is 7.08. The van der Waals surface area contributed by atoms with Crippen molar-refractivity contribution in [3.05, 3.63) is 55.9 Å². The third-order valence-corrected chi connectivity index (χ3v) is 4.63. The lowest BCUT2D eigenvalue weighted by Crippen LogP contribution is -2.34. The molecule has 1 fully saturated rings. The summed E-state index contributed by atoms with van der Waals surface area (Å²) in [5.41, 5.74) is 3.98. The van der Waals surface area contributed by atoms with E-state index in [0.717, 1.165) is 35.4 Å². The Kier molecular flexibility index (Phi) is 3.96. The summed E-state index contributed by atoms with van der Waals surface area (Å²) in [4.78, 5) is 14.7. The Morgan fingerprint density at radius 3 is 1.90 bits per heavy atom. The van der Waals surface area contributed by atoms with Gasteiger partial charge in [0.25, 0.3) is 0 Å². The van der Waals surface area contributed by atoms with Crippen LogP contribution in [0.1, 0.15) is 11.1 Å². The molecule has 0 radical (unpaired) electrons. The van der Waals surface area contributed by atoms with E-state index in [9.17, 15) is 4.79 Å². The van der Waals surface area contributed by atoms with Gasteiger partial charge in [-0.1, -0.05) is 0 Å². The van der Waals surface area contributed by atoms with Gasteiger partial charge in [0.15, 0.2) is 5.78 Å². The number of ketones is 1. The van der Waals surface area contributed by atoms with E-state index < -0.39 is 0 Å². The molecule has 0 saturated carbocycles. The van der Waals surface area contributed by atoms with Gasteiger partial charge < -0.3 is 0 Å². The lowest BCUT2D eigenvalue weighted by Gasteiger charge is -2.25. The molecule has 20 heavy (non-hydrogen) atoms. The van der Waals surface area contributed by atoms with Gasteiger partial charge in [-0.3, -0.25) is 9.69 Å². The van der Waals surface area contributed by atoms with Gasteiger partial charge in [-0.05, 0) is 64.0 Å². The average molecular weight is 301 g/mol. The van der Waals surface area contributed by atoms with Crippen molar-refractivity contribution in [2.45, 2.75) is 0 Å². The molecular formula is C16H15NOS2. The van der Waals surface area contributed by atoms with Crippen LogP contribution in [0, 0.1) is 0 Å². The Balaban J connectivity index is 1.92. The zero-order valence-electron chi connectivity index (χ0n) is 11.2. The number of piperidine rings is 1. The van der Waals surface area contributed by atoms with E-state index in [2.05, 4.69) is 22.7 Å². The van der Waals surface area contributed by atoms with E-state index in [1.807, 2.05) is 35.0 Å². The van der Waals surface area contributed by atoms with E-state index in [1.54, 1.807) is 22.7 Å². The van der Waals surface area contributed by atoms with Crippen molar-refractivity contribution in [1.29, 1.82) is 0 Å². The number of hydrogen-bond acceptors (Lipinski definition) is 4. The lowest BCUT2D eigenvalue weighted by molar-refractivity contribution is -0.113. The predicted molar refractivity (Wildman–Crippen MR) is 87.1 cm³/mol. The molecule has 2 aromatic heterocycles. The van der Waals surface area contributed by atoms with Crippen molar-refractivity contribution in [3.8, 4) is 0 Å². The fraction of sp³-hybridized carbons (Fsp3) is 0.188. The summed E-state index contributed by atoms with van der Waals surface area (Å²) in [5, 5.41) is 8.20. The fourth-order valence-corrected chi connectivity index (χ4v) is 3.56. The molecule has 2 aromatic rings. The largest absolute Gasteiger partial charge is 0.298 e. The van der Waals surface area contributed by atoms with Crippen LogP contribution in [0.25, 0.3) is 12.2 Å².